The van der Waals surface area contributed by atoms with Crippen molar-refractivity contribution >= 4 is 56.3 Å². The molecule has 1 aliphatic heterocycles. The molecule has 0 saturated carbocycles. The zero-order chi connectivity index (χ0) is 26.9. The maximum atomic E-state index is 13.1. The Labute approximate surface area is 227 Å². The summed E-state index contributed by atoms with van der Waals surface area (Å²) >= 11 is 0. The number of benzene rings is 4. The SMILES string of the molecule is CCCCN1C(=O)c2cccc3c(N/N=C/c4ccc5c(c4)c4ccccc4n5CCCC)ccc(c23)C1=O. The number of aromatic nitrogens is 1. The highest BCUT2D eigenvalue weighted by atomic mass is 16.2. The number of rotatable bonds is 9. The Kier molecular flexibility index (Phi) is 6.61. The molecule has 0 bridgehead atoms. The first-order valence-corrected chi connectivity index (χ1v) is 13.8. The summed E-state index contributed by atoms with van der Waals surface area (Å²) in [5, 5.41) is 8.52. The summed E-state index contributed by atoms with van der Waals surface area (Å²) < 4.78 is 2.41. The summed E-state index contributed by atoms with van der Waals surface area (Å²) in [6, 6.07) is 24.3. The molecule has 5 aromatic rings. The van der Waals surface area contributed by atoms with Crippen LogP contribution in [0.4, 0.5) is 5.69 Å². The summed E-state index contributed by atoms with van der Waals surface area (Å²) in [5.74, 6) is -0.447. The number of aryl methyl sites for hydroxylation is 1. The first-order chi connectivity index (χ1) is 19.1. The molecule has 196 valence electrons. The van der Waals surface area contributed by atoms with Crippen LogP contribution in [0.2, 0.25) is 0 Å². The van der Waals surface area contributed by atoms with Crippen molar-refractivity contribution in [1.82, 2.24) is 9.47 Å². The molecule has 39 heavy (non-hydrogen) atoms. The topological polar surface area (TPSA) is 66.7 Å². The molecular formula is C33H32N4O2. The van der Waals surface area contributed by atoms with Gasteiger partial charge in [-0.3, -0.25) is 19.9 Å². The Hall–Kier alpha value is -4.45. The van der Waals surface area contributed by atoms with E-state index in [1.54, 1.807) is 12.1 Å². The van der Waals surface area contributed by atoms with E-state index in [0.29, 0.717) is 23.1 Å². The molecule has 2 heterocycles. The number of nitrogens with zero attached hydrogens (tertiary/aromatic N) is 3. The standard InChI is InChI=1S/C33H32N4O2/c1-3-5-18-36-29-13-8-7-10-23(29)27-20-22(14-17-30(27)36)21-34-35-28-16-15-26-31-24(28)11-9-12-25(31)32(38)37(33(26)39)19-6-4-2/h7-17,20-21,35H,3-6,18-19H2,1-2H3/b34-21+. The third-order valence-electron chi connectivity index (χ3n) is 7.66. The van der Waals surface area contributed by atoms with Gasteiger partial charge in [0, 0.05) is 56.8 Å². The molecule has 0 aliphatic carbocycles. The van der Waals surface area contributed by atoms with Crippen molar-refractivity contribution in [2.75, 3.05) is 12.0 Å². The van der Waals surface area contributed by atoms with Crippen LogP contribution in [0, 0.1) is 0 Å². The largest absolute Gasteiger partial charge is 0.340 e. The van der Waals surface area contributed by atoms with E-state index < -0.39 is 0 Å². The molecule has 1 aliphatic rings. The Morgan fingerprint density at radius 3 is 2.28 bits per heavy atom. The number of fused-ring (bicyclic) bond motifs is 3. The zero-order valence-electron chi connectivity index (χ0n) is 22.4. The van der Waals surface area contributed by atoms with E-state index in [0.717, 1.165) is 48.9 Å². The van der Waals surface area contributed by atoms with Crippen LogP contribution in [0.15, 0.2) is 77.9 Å². The van der Waals surface area contributed by atoms with Gasteiger partial charge in [0.1, 0.15) is 0 Å². The molecular weight excluding hydrogens is 484 g/mol. The normalized spacial score (nSPS) is 13.4. The number of hydrogen-bond acceptors (Lipinski definition) is 4. The Morgan fingerprint density at radius 2 is 1.46 bits per heavy atom. The third kappa shape index (κ3) is 4.26. The van der Waals surface area contributed by atoms with Gasteiger partial charge in [0.25, 0.3) is 11.8 Å². The van der Waals surface area contributed by atoms with Crippen LogP contribution in [0.1, 0.15) is 65.8 Å². The molecule has 0 spiro atoms. The second-order valence-corrected chi connectivity index (χ2v) is 10.2. The number of imide groups is 1. The number of amides is 2. The minimum absolute atomic E-state index is 0.224. The summed E-state index contributed by atoms with van der Waals surface area (Å²) in [7, 11) is 0. The van der Waals surface area contributed by atoms with Crippen LogP contribution in [-0.2, 0) is 6.54 Å². The third-order valence-corrected chi connectivity index (χ3v) is 7.66. The van der Waals surface area contributed by atoms with E-state index in [2.05, 4.69) is 71.4 Å². The maximum absolute atomic E-state index is 13.1. The van der Waals surface area contributed by atoms with Gasteiger partial charge in [0.05, 0.1) is 11.9 Å². The molecule has 0 radical (unpaired) electrons. The van der Waals surface area contributed by atoms with E-state index in [1.165, 1.54) is 26.7 Å². The van der Waals surface area contributed by atoms with Crippen molar-refractivity contribution in [3.05, 3.63) is 89.5 Å². The van der Waals surface area contributed by atoms with Gasteiger partial charge in [0.15, 0.2) is 0 Å². The van der Waals surface area contributed by atoms with E-state index in [1.807, 2.05) is 24.4 Å². The molecule has 6 rings (SSSR count). The highest BCUT2D eigenvalue weighted by Crippen LogP contribution is 2.35. The van der Waals surface area contributed by atoms with Gasteiger partial charge in [-0.25, -0.2) is 0 Å². The number of unbranched alkanes of at least 4 members (excludes halogenated alkanes) is 2. The summed E-state index contributed by atoms with van der Waals surface area (Å²) in [5.41, 5.74) is 8.54. The van der Waals surface area contributed by atoms with Gasteiger partial charge in [0.2, 0.25) is 0 Å². The molecule has 0 atom stereocenters. The number of anilines is 1. The molecule has 2 amide bonds. The van der Waals surface area contributed by atoms with E-state index in [9.17, 15) is 9.59 Å². The second kappa shape index (κ2) is 10.4. The minimum atomic E-state index is -0.224. The number of carbonyl (C=O) groups excluding carboxylic acids is 2. The van der Waals surface area contributed by atoms with Crippen molar-refractivity contribution in [1.29, 1.82) is 0 Å². The van der Waals surface area contributed by atoms with Crippen LogP contribution in [0.5, 0.6) is 0 Å². The Morgan fingerprint density at radius 1 is 0.744 bits per heavy atom. The molecule has 1 aromatic heterocycles. The monoisotopic (exact) mass is 516 g/mol. The van der Waals surface area contributed by atoms with Crippen LogP contribution in [-0.4, -0.2) is 34.0 Å². The molecule has 6 nitrogen and oxygen atoms in total. The molecule has 0 fully saturated rings. The lowest BCUT2D eigenvalue weighted by Gasteiger charge is -2.27. The number of carbonyl (C=O) groups is 2. The summed E-state index contributed by atoms with van der Waals surface area (Å²) in [6.07, 6.45) is 5.82. The van der Waals surface area contributed by atoms with Crippen molar-refractivity contribution < 1.29 is 9.59 Å². The second-order valence-electron chi connectivity index (χ2n) is 10.2. The van der Waals surface area contributed by atoms with Gasteiger partial charge in [-0.2, -0.15) is 5.10 Å². The zero-order valence-corrected chi connectivity index (χ0v) is 22.4. The summed E-state index contributed by atoms with van der Waals surface area (Å²) in [4.78, 5) is 27.7. The van der Waals surface area contributed by atoms with Gasteiger partial charge in [-0.15, -0.1) is 0 Å². The van der Waals surface area contributed by atoms with Gasteiger partial charge < -0.3 is 4.57 Å². The fourth-order valence-corrected chi connectivity index (χ4v) is 5.65. The van der Waals surface area contributed by atoms with Crippen molar-refractivity contribution in [3.8, 4) is 0 Å². The van der Waals surface area contributed by atoms with E-state index >= 15 is 0 Å². The number of para-hydroxylation sites is 1. The highest BCUT2D eigenvalue weighted by molar-refractivity contribution is 6.26. The van der Waals surface area contributed by atoms with Crippen LogP contribution in [0.3, 0.4) is 0 Å². The van der Waals surface area contributed by atoms with Crippen LogP contribution < -0.4 is 5.43 Å². The van der Waals surface area contributed by atoms with Crippen LogP contribution in [0.25, 0.3) is 32.6 Å². The average Bonchev–Trinajstić information content (AvgIpc) is 3.28. The lowest BCUT2D eigenvalue weighted by atomic mass is 9.93. The number of hydrogen-bond donors (Lipinski definition) is 1. The molecule has 0 unspecified atom stereocenters. The van der Waals surface area contributed by atoms with Gasteiger partial charge >= 0.3 is 0 Å². The van der Waals surface area contributed by atoms with Crippen molar-refractivity contribution in [2.45, 2.75) is 46.1 Å². The average molecular weight is 517 g/mol. The Balaban J connectivity index is 1.31. The van der Waals surface area contributed by atoms with Crippen molar-refractivity contribution in [3.63, 3.8) is 0 Å². The van der Waals surface area contributed by atoms with E-state index in [4.69, 9.17) is 0 Å². The number of nitrogens with one attached hydrogen (secondary N) is 1. The Bertz CT molecular complexity index is 1740. The smallest absolute Gasteiger partial charge is 0.261 e. The van der Waals surface area contributed by atoms with Gasteiger partial charge in [-0.05, 0) is 54.8 Å². The number of hydrazone groups is 1. The highest BCUT2D eigenvalue weighted by Gasteiger charge is 2.32. The lowest BCUT2D eigenvalue weighted by molar-refractivity contribution is 0.0608. The quantitative estimate of drug-likeness (QED) is 0.125. The summed E-state index contributed by atoms with van der Waals surface area (Å²) in [6.45, 7) is 5.71. The maximum Gasteiger partial charge on any atom is 0.261 e. The molecule has 6 heteroatoms. The van der Waals surface area contributed by atoms with Gasteiger partial charge in [-0.1, -0.05) is 63.1 Å². The minimum Gasteiger partial charge on any atom is -0.340 e. The first kappa shape index (κ1) is 24.9. The molecule has 1 N–H and O–H groups in total. The van der Waals surface area contributed by atoms with Crippen molar-refractivity contribution in [2.24, 2.45) is 5.10 Å². The lowest BCUT2D eigenvalue weighted by Crippen LogP contribution is -2.40. The van der Waals surface area contributed by atoms with E-state index in [-0.39, 0.29) is 11.8 Å². The molecule has 0 saturated heterocycles. The molecule has 4 aromatic carbocycles. The first-order valence-electron chi connectivity index (χ1n) is 13.8. The fourth-order valence-electron chi connectivity index (χ4n) is 5.65. The fraction of sp³-hybridized carbons (Fsp3) is 0.242. The predicted molar refractivity (Wildman–Crippen MR) is 160 cm³/mol. The van der Waals surface area contributed by atoms with Crippen LogP contribution >= 0.6 is 0 Å². The predicted octanol–water partition coefficient (Wildman–Crippen LogP) is 7.59.